The van der Waals surface area contributed by atoms with Crippen molar-refractivity contribution in [3.63, 3.8) is 0 Å². The Hall–Kier alpha value is -0.530. The minimum Gasteiger partial charge on any atom is -0.374 e. The summed E-state index contributed by atoms with van der Waals surface area (Å²) in [6, 6.07) is 0. The van der Waals surface area contributed by atoms with Crippen LogP contribution in [-0.4, -0.2) is 17.9 Å². The predicted molar refractivity (Wildman–Crippen MR) is 56.2 cm³/mol. The minimum absolute atomic E-state index is 0.269. The van der Waals surface area contributed by atoms with Crippen LogP contribution in [0.15, 0.2) is 4.99 Å². The molecule has 0 amide bonds. The van der Waals surface area contributed by atoms with E-state index in [1.54, 1.807) is 0 Å². The third-order valence-electron chi connectivity index (χ3n) is 3.26. The van der Waals surface area contributed by atoms with E-state index < -0.39 is 0 Å². The Balaban J connectivity index is 2.00. The topological polar surface area (TPSA) is 24.4 Å². The molecule has 74 valence electrons. The predicted octanol–water partition coefficient (Wildman–Crippen LogP) is 2.49. The molecule has 2 fully saturated rings. The van der Waals surface area contributed by atoms with E-state index in [2.05, 4.69) is 12.2 Å². The van der Waals surface area contributed by atoms with Crippen LogP contribution in [0, 0.1) is 0 Å². The van der Waals surface area contributed by atoms with Crippen molar-refractivity contribution in [3.05, 3.63) is 0 Å². The van der Waals surface area contributed by atoms with E-state index in [-0.39, 0.29) is 5.54 Å². The number of nitrogens with zero attached hydrogens (tertiary/aromatic N) is 1. The molecule has 0 atom stereocenters. The number of aliphatic imine (C=N–C) groups is 1. The van der Waals surface area contributed by atoms with Crippen LogP contribution >= 0.6 is 0 Å². The second-order valence-electron chi connectivity index (χ2n) is 4.65. The summed E-state index contributed by atoms with van der Waals surface area (Å²) in [4.78, 5) is 4.87. The number of nitrogens with one attached hydrogen (secondary N) is 1. The lowest BCUT2D eigenvalue weighted by Crippen LogP contribution is -2.29. The number of rotatable bonds is 1. The smallest absolute Gasteiger partial charge is 0.0970 e. The molecule has 2 heteroatoms. The monoisotopic (exact) mass is 180 g/mol. The van der Waals surface area contributed by atoms with Gasteiger partial charge in [-0.3, -0.25) is 4.99 Å². The Morgan fingerprint density at radius 3 is 2.54 bits per heavy atom. The van der Waals surface area contributed by atoms with Crippen molar-refractivity contribution < 1.29 is 0 Å². The molecular weight excluding hydrogens is 160 g/mol. The molecule has 0 spiro atoms. The van der Waals surface area contributed by atoms with E-state index in [0.717, 1.165) is 6.54 Å². The normalized spacial score (nSPS) is 30.4. The molecule has 0 bridgehead atoms. The zero-order valence-electron chi connectivity index (χ0n) is 8.60. The van der Waals surface area contributed by atoms with E-state index in [1.807, 2.05) is 0 Å². The Morgan fingerprint density at radius 2 is 1.92 bits per heavy atom. The maximum Gasteiger partial charge on any atom is 0.0970 e. The van der Waals surface area contributed by atoms with Gasteiger partial charge >= 0.3 is 0 Å². The number of hydrogen-bond acceptors (Lipinski definition) is 1. The van der Waals surface area contributed by atoms with Crippen LogP contribution in [0.4, 0.5) is 0 Å². The lowest BCUT2D eigenvalue weighted by Gasteiger charge is -2.30. The molecule has 1 heterocycles. The lowest BCUT2D eigenvalue weighted by molar-refractivity contribution is 0.324. The highest BCUT2D eigenvalue weighted by molar-refractivity contribution is 5.84. The zero-order chi connectivity index (χ0) is 9.15. The van der Waals surface area contributed by atoms with Crippen LogP contribution in [0.5, 0.6) is 0 Å². The summed E-state index contributed by atoms with van der Waals surface area (Å²) < 4.78 is 0. The Labute approximate surface area is 80.8 Å². The van der Waals surface area contributed by atoms with Crippen molar-refractivity contribution in [1.82, 2.24) is 5.32 Å². The Morgan fingerprint density at radius 1 is 1.15 bits per heavy atom. The van der Waals surface area contributed by atoms with Crippen molar-refractivity contribution in [1.29, 1.82) is 0 Å². The summed E-state index contributed by atoms with van der Waals surface area (Å²) in [5.74, 6) is 1.27. The minimum atomic E-state index is 0.269. The first-order chi connectivity index (χ1) is 6.29. The van der Waals surface area contributed by atoms with Crippen LogP contribution in [0.25, 0.3) is 0 Å². The first-order valence-corrected chi connectivity index (χ1v) is 5.61. The molecular formula is C11H20N2. The van der Waals surface area contributed by atoms with E-state index >= 15 is 0 Å². The van der Waals surface area contributed by atoms with E-state index in [1.165, 1.54) is 50.8 Å². The van der Waals surface area contributed by atoms with E-state index in [4.69, 9.17) is 4.99 Å². The van der Waals surface area contributed by atoms with Crippen molar-refractivity contribution in [2.75, 3.05) is 6.54 Å². The Kier molecular flexibility index (Phi) is 2.56. The number of hydrogen-bond donors (Lipinski definition) is 1. The molecule has 0 aromatic rings. The molecule has 1 N–H and O–H groups in total. The van der Waals surface area contributed by atoms with Gasteiger partial charge in [0.1, 0.15) is 0 Å². The highest BCUT2D eigenvalue weighted by Crippen LogP contribution is 2.31. The molecule has 1 saturated carbocycles. The third kappa shape index (κ3) is 2.23. The highest BCUT2D eigenvalue weighted by atomic mass is 15.0. The average Bonchev–Trinajstić information content (AvgIpc) is 2.57. The highest BCUT2D eigenvalue weighted by Gasteiger charge is 2.26. The molecule has 2 rings (SSSR count). The fourth-order valence-electron chi connectivity index (χ4n) is 2.42. The summed E-state index contributed by atoms with van der Waals surface area (Å²) in [6.45, 7) is 3.45. The van der Waals surface area contributed by atoms with Gasteiger partial charge in [0.05, 0.1) is 11.4 Å². The van der Waals surface area contributed by atoms with Gasteiger partial charge in [0, 0.05) is 13.0 Å². The molecule has 0 radical (unpaired) electrons. The largest absolute Gasteiger partial charge is 0.374 e. The molecule has 13 heavy (non-hydrogen) atoms. The van der Waals surface area contributed by atoms with E-state index in [0.29, 0.717) is 0 Å². The third-order valence-corrected chi connectivity index (χ3v) is 3.26. The summed E-state index contributed by atoms with van der Waals surface area (Å²) in [7, 11) is 0. The van der Waals surface area contributed by atoms with Crippen molar-refractivity contribution in [2.24, 2.45) is 4.99 Å². The Bertz CT molecular complexity index is 194. The van der Waals surface area contributed by atoms with Crippen molar-refractivity contribution in [2.45, 2.75) is 57.4 Å². The van der Waals surface area contributed by atoms with Gasteiger partial charge in [-0.25, -0.2) is 0 Å². The molecule has 1 saturated heterocycles. The van der Waals surface area contributed by atoms with Crippen molar-refractivity contribution >= 4 is 5.84 Å². The summed E-state index contributed by atoms with van der Waals surface area (Å²) in [5, 5.41) is 3.38. The van der Waals surface area contributed by atoms with E-state index in [9.17, 15) is 0 Å². The summed E-state index contributed by atoms with van der Waals surface area (Å²) in [6.07, 6.45) is 9.18. The van der Waals surface area contributed by atoms with Crippen LogP contribution < -0.4 is 5.32 Å². The van der Waals surface area contributed by atoms with Crippen molar-refractivity contribution in [3.8, 4) is 0 Å². The lowest BCUT2D eigenvalue weighted by atomic mass is 9.84. The first-order valence-electron chi connectivity index (χ1n) is 5.61. The van der Waals surface area contributed by atoms with Gasteiger partial charge in [-0.15, -0.1) is 0 Å². The maximum absolute atomic E-state index is 4.87. The van der Waals surface area contributed by atoms with Gasteiger partial charge in [-0.2, -0.15) is 0 Å². The summed E-state index contributed by atoms with van der Waals surface area (Å²) in [5.41, 5.74) is 0.269. The quantitative estimate of drug-likeness (QED) is 0.658. The van der Waals surface area contributed by atoms with Crippen LogP contribution in [0.3, 0.4) is 0 Å². The SMILES string of the molecule is CC1(N=C2CCCN2)CCCCC1. The molecule has 0 unspecified atom stereocenters. The molecule has 2 nitrogen and oxygen atoms in total. The number of amidine groups is 1. The first kappa shape index (κ1) is 9.04. The van der Waals surface area contributed by atoms with Crippen LogP contribution in [0.1, 0.15) is 51.9 Å². The second kappa shape index (κ2) is 3.69. The second-order valence-corrected chi connectivity index (χ2v) is 4.65. The van der Waals surface area contributed by atoms with Gasteiger partial charge in [0.25, 0.3) is 0 Å². The molecule has 0 aromatic carbocycles. The van der Waals surface area contributed by atoms with Gasteiger partial charge < -0.3 is 5.32 Å². The standard InChI is InChI=1S/C11H20N2/c1-11(7-3-2-4-8-11)13-10-6-5-9-12-10/h2-9H2,1H3,(H,12,13). The van der Waals surface area contributed by atoms with Crippen LogP contribution in [-0.2, 0) is 0 Å². The molecule has 0 aromatic heterocycles. The average molecular weight is 180 g/mol. The molecule has 2 aliphatic rings. The molecule has 1 aliphatic carbocycles. The van der Waals surface area contributed by atoms with Gasteiger partial charge in [-0.05, 0) is 26.2 Å². The summed E-state index contributed by atoms with van der Waals surface area (Å²) >= 11 is 0. The molecule has 1 aliphatic heterocycles. The fraction of sp³-hybridized carbons (Fsp3) is 0.909. The van der Waals surface area contributed by atoms with Gasteiger partial charge in [0.15, 0.2) is 0 Å². The zero-order valence-corrected chi connectivity index (χ0v) is 8.60. The van der Waals surface area contributed by atoms with Gasteiger partial charge in [0.2, 0.25) is 0 Å². The van der Waals surface area contributed by atoms with Gasteiger partial charge in [-0.1, -0.05) is 19.3 Å². The maximum atomic E-state index is 4.87. The fourth-order valence-corrected chi connectivity index (χ4v) is 2.42. The van der Waals surface area contributed by atoms with Crippen LogP contribution in [0.2, 0.25) is 0 Å².